The molecule has 18 heavy (non-hydrogen) atoms. The topological polar surface area (TPSA) is 17.1 Å². The van der Waals surface area contributed by atoms with E-state index in [9.17, 15) is 9.18 Å². The number of carbonyl (C=O) groups is 1. The lowest BCUT2D eigenvalue weighted by molar-refractivity contribution is 0.0991. The highest BCUT2D eigenvalue weighted by molar-refractivity contribution is 9.12. The number of hydrogen-bond donors (Lipinski definition) is 0. The monoisotopic (exact) mass is 410 g/mol. The van der Waals surface area contributed by atoms with Gasteiger partial charge in [-0.3, -0.25) is 4.79 Å². The van der Waals surface area contributed by atoms with Crippen molar-refractivity contribution >= 4 is 60.6 Å². The Kier molecular flexibility index (Phi) is 4.59. The van der Waals surface area contributed by atoms with Crippen molar-refractivity contribution in [2.24, 2.45) is 0 Å². The van der Waals surface area contributed by atoms with Gasteiger partial charge in [0.15, 0.2) is 5.78 Å². The van der Waals surface area contributed by atoms with Crippen molar-refractivity contribution in [1.82, 2.24) is 0 Å². The molecule has 1 aromatic carbocycles. The number of hydrogen-bond acceptors (Lipinski definition) is 2. The van der Waals surface area contributed by atoms with E-state index in [1.54, 1.807) is 12.1 Å². The summed E-state index contributed by atoms with van der Waals surface area (Å²) in [5.41, 5.74) is 0.903. The minimum atomic E-state index is -0.457. The fourth-order valence-corrected chi connectivity index (χ4v) is 4.48. The van der Waals surface area contributed by atoms with Crippen molar-refractivity contribution in [3.8, 4) is 0 Å². The highest BCUT2D eigenvalue weighted by atomic mass is 79.9. The number of Topliss-reactive ketones (excluding diaryl/α,β-unsaturated/α-hetero) is 1. The summed E-state index contributed by atoms with van der Waals surface area (Å²) in [6.45, 7) is 0. The van der Waals surface area contributed by atoms with Crippen LogP contribution in [0.2, 0.25) is 5.02 Å². The fourth-order valence-electron chi connectivity index (χ4n) is 1.46. The van der Waals surface area contributed by atoms with Gasteiger partial charge in [0.2, 0.25) is 0 Å². The molecule has 0 spiro atoms. The van der Waals surface area contributed by atoms with E-state index in [0.717, 1.165) is 7.57 Å². The number of halogens is 4. The Labute approximate surface area is 129 Å². The van der Waals surface area contributed by atoms with Crippen molar-refractivity contribution in [2.45, 2.75) is 6.42 Å². The Bertz CT molecular complexity index is 612. The molecule has 0 aliphatic rings. The molecule has 0 bridgehead atoms. The van der Waals surface area contributed by atoms with E-state index in [2.05, 4.69) is 31.9 Å². The van der Waals surface area contributed by atoms with Gasteiger partial charge in [0.1, 0.15) is 5.82 Å². The Morgan fingerprint density at radius 3 is 2.61 bits per heavy atom. The molecule has 0 aliphatic heterocycles. The summed E-state index contributed by atoms with van der Waals surface area (Å²) in [6.07, 6.45) is 0.0186. The molecular formula is C12H6Br2ClFOS. The number of ketones is 1. The molecule has 0 radical (unpaired) electrons. The molecule has 0 N–H and O–H groups in total. The molecule has 94 valence electrons. The van der Waals surface area contributed by atoms with Gasteiger partial charge in [0.25, 0.3) is 0 Å². The summed E-state index contributed by atoms with van der Waals surface area (Å²) < 4.78 is 15.2. The highest BCUT2D eigenvalue weighted by Gasteiger charge is 2.16. The van der Waals surface area contributed by atoms with Crippen molar-refractivity contribution in [1.29, 1.82) is 0 Å². The maximum Gasteiger partial charge on any atom is 0.169 e. The third-order valence-electron chi connectivity index (χ3n) is 2.32. The molecule has 0 saturated carbocycles. The molecule has 1 nitrogen and oxygen atoms in total. The van der Waals surface area contributed by atoms with Crippen LogP contribution in [0.3, 0.4) is 0 Å². The fraction of sp³-hybridized carbons (Fsp3) is 0.0833. The summed E-state index contributed by atoms with van der Waals surface area (Å²) >= 11 is 13.7. The first-order chi connectivity index (χ1) is 8.47. The summed E-state index contributed by atoms with van der Waals surface area (Å²) in [4.78, 5) is 12.0. The zero-order chi connectivity index (χ0) is 13.3. The molecular weight excluding hydrogens is 406 g/mol. The molecule has 0 unspecified atom stereocenters. The Morgan fingerprint density at radius 1 is 1.33 bits per heavy atom. The molecule has 0 atom stereocenters. The van der Waals surface area contributed by atoms with Crippen LogP contribution in [-0.4, -0.2) is 5.78 Å². The van der Waals surface area contributed by atoms with Crippen molar-refractivity contribution in [2.75, 3.05) is 0 Å². The molecule has 2 rings (SSSR count). The lowest BCUT2D eigenvalue weighted by Gasteiger charge is -2.02. The first-order valence-corrected chi connectivity index (χ1v) is 7.67. The lowest BCUT2D eigenvalue weighted by Crippen LogP contribution is -2.04. The predicted molar refractivity (Wildman–Crippen MR) is 79.2 cm³/mol. The third kappa shape index (κ3) is 3.20. The lowest BCUT2D eigenvalue weighted by atomic mass is 10.1. The van der Waals surface area contributed by atoms with Crippen molar-refractivity contribution < 1.29 is 9.18 Å². The zero-order valence-electron chi connectivity index (χ0n) is 8.84. The molecule has 0 fully saturated rings. The first kappa shape index (κ1) is 14.2. The highest BCUT2D eigenvalue weighted by Crippen LogP contribution is 2.32. The average molecular weight is 413 g/mol. The zero-order valence-corrected chi connectivity index (χ0v) is 13.6. The van der Waals surface area contributed by atoms with Gasteiger partial charge in [0, 0.05) is 17.0 Å². The first-order valence-electron chi connectivity index (χ1n) is 4.89. The van der Waals surface area contributed by atoms with Crippen LogP contribution >= 0.6 is 54.8 Å². The van der Waals surface area contributed by atoms with E-state index < -0.39 is 5.82 Å². The maximum absolute atomic E-state index is 13.6. The predicted octanol–water partition coefficient (Wildman–Crippen LogP) is 5.49. The van der Waals surface area contributed by atoms with Gasteiger partial charge in [-0.05, 0) is 55.6 Å². The Balaban J connectivity index is 2.24. The quantitative estimate of drug-likeness (QED) is 0.609. The minimum Gasteiger partial charge on any atom is -0.294 e. The molecule has 2 aromatic rings. The molecule has 0 amide bonds. The van der Waals surface area contributed by atoms with E-state index in [-0.39, 0.29) is 12.2 Å². The molecule has 0 saturated heterocycles. The molecule has 6 heteroatoms. The number of thiophene rings is 1. The summed E-state index contributed by atoms with van der Waals surface area (Å²) in [6, 6.07) is 6.05. The smallest absolute Gasteiger partial charge is 0.169 e. The number of benzene rings is 1. The van der Waals surface area contributed by atoms with Gasteiger partial charge in [-0.15, -0.1) is 11.3 Å². The van der Waals surface area contributed by atoms with Gasteiger partial charge >= 0.3 is 0 Å². The largest absolute Gasteiger partial charge is 0.294 e. The maximum atomic E-state index is 13.6. The van der Waals surface area contributed by atoms with E-state index in [4.69, 9.17) is 11.6 Å². The van der Waals surface area contributed by atoms with Gasteiger partial charge in [-0.2, -0.15) is 0 Å². The molecule has 1 heterocycles. The van der Waals surface area contributed by atoms with Crippen LogP contribution in [0.25, 0.3) is 0 Å². The number of carbonyl (C=O) groups excluding carboxylic acids is 1. The van der Waals surface area contributed by atoms with Crippen molar-refractivity contribution in [3.63, 3.8) is 0 Å². The van der Waals surface area contributed by atoms with Crippen LogP contribution in [0.15, 0.2) is 31.8 Å². The minimum absolute atomic E-state index is 0.0186. The van der Waals surface area contributed by atoms with Gasteiger partial charge < -0.3 is 0 Å². The standard InChI is InChI=1S/C12H6Br2ClFOS/c13-11-5-8(12(14)18-11)10(17)3-6-1-2-7(15)4-9(6)16/h1-2,4-5H,3H2. The number of rotatable bonds is 3. The third-order valence-corrected chi connectivity index (χ3v) is 4.90. The van der Waals surface area contributed by atoms with Crippen LogP contribution in [0, 0.1) is 5.82 Å². The summed E-state index contributed by atoms with van der Waals surface area (Å²) in [5.74, 6) is -0.591. The Hall–Kier alpha value is -0.230. The normalized spacial score (nSPS) is 10.7. The van der Waals surface area contributed by atoms with Crippen LogP contribution in [0.4, 0.5) is 4.39 Å². The van der Waals surface area contributed by atoms with Crippen LogP contribution in [0.5, 0.6) is 0 Å². The van der Waals surface area contributed by atoms with E-state index >= 15 is 0 Å². The van der Waals surface area contributed by atoms with E-state index in [1.807, 2.05) is 0 Å². The van der Waals surface area contributed by atoms with Gasteiger partial charge in [0.05, 0.1) is 7.57 Å². The van der Waals surface area contributed by atoms with E-state index in [1.165, 1.54) is 23.5 Å². The van der Waals surface area contributed by atoms with Gasteiger partial charge in [-0.25, -0.2) is 4.39 Å². The SMILES string of the molecule is O=C(Cc1ccc(Cl)cc1F)c1cc(Br)sc1Br. The second-order valence-electron chi connectivity index (χ2n) is 3.57. The molecule has 1 aromatic heterocycles. The van der Waals surface area contributed by atoms with Crippen LogP contribution < -0.4 is 0 Å². The van der Waals surface area contributed by atoms with Crippen LogP contribution in [-0.2, 0) is 6.42 Å². The summed E-state index contributed by atoms with van der Waals surface area (Å²) in [7, 11) is 0. The van der Waals surface area contributed by atoms with Crippen molar-refractivity contribution in [3.05, 3.63) is 53.8 Å². The second kappa shape index (κ2) is 5.82. The molecule has 0 aliphatic carbocycles. The van der Waals surface area contributed by atoms with E-state index in [0.29, 0.717) is 16.1 Å². The Morgan fingerprint density at radius 2 is 2.06 bits per heavy atom. The average Bonchev–Trinajstić information content (AvgIpc) is 2.62. The second-order valence-corrected chi connectivity index (χ2v) is 7.76. The van der Waals surface area contributed by atoms with Gasteiger partial charge in [-0.1, -0.05) is 17.7 Å². The van der Waals surface area contributed by atoms with Crippen LogP contribution in [0.1, 0.15) is 15.9 Å². The summed E-state index contributed by atoms with van der Waals surface area (Å²) in [5, 5.41) is 0.322.